The van der Waals surface area contributed by atoms with Gasteiger partial charge in [0.15, 0.2) is 0 Å². The van der Waals surface area contributed by atoms with Crippen LogP contribution in [0.5, 0.6) is 0 Å². The Morgan fingerprint density at radius 3 is 2.69 bits per heavy atom. The summed E-state index contributed by atoms with van der Waals surface area (Å²) in [6.45, 7) is 4.52. The molecule has 0 aliphatic rings. The highest BCUT2D eigenvalue weighted by molar-refractivity contribution is 6.31. The predicted octanol–water partition coefficient (Wildman–Crippen LogP) is 2.87. The van der Waals surface area contributed by atoms with E-state index in [0.717, 1.165) is 18.6 Å². The molecule has 16 heavy (non-hydrogen) atoms. The van der Waals surface area contributed by atoms with Gasteiger partial charge >= 0.3 is 0 Å². The fourth-order valence-corrected chi connectivity index (χ4v) is 1.42. The lowest BCUT2D eigenvalue weighted by atomic mass is 10.2. The molecule has 2 N–H and O–H groups in total. The molecule has 0 aliphatic heterocycles. The van der Waals surface area contributed by atoms with E-state index in [1.165, 1.54) is 0 Å². The van der Waals surface area contributed by atoms with Crippen LogP contribution in [0.2, 0.25) is 5.02 Å². The number of nitrogens with two attached hydrogens (primary N) is 1. The van der Waals surface area contributed by atoms with E-state index < -0.39 is 0 Å². The maximum absolute atomic E-state index is 5.99. The Morgan fingerprint density at radius 2 is 1.94 bits per heavy atom. The summed E-state index contributed by atoms with van der Waals surface area (Å²) in [4.78, 5) is 0. The molecule has 0 fully saturated rings. The molecule has 0 heterocycles. The molecule has 1 aromatic rings. The second-order valence-electron chi connectivity index (χ2n) is 3.52. The van der Waals surface area contributed by atoms with E-state index >= 15 is 0 Å². The fourth-order valence-electron chi connectivity index (χ4n) is 1.25. The van der Waals surface area contributed by atoms with Crippen LogP contribution in [0.3, 0.4) is 0 Å². The highest BCUT2D eigenvalue weighted by Crippen LogP contribution is 2.19. The summed E-state index contributed by atoms with van der Waals surface area (Å²) in [6.07, 6.45) is 1.03. The van der Waals surface area contributed by atoms with Gasteiger partial charge in [-0.15, -0.1) is 0 Å². The van der Waals surface area contributed by atoms with Gasteiger partial charge in [-0.05, 0) is 30.2 Å². The van der Waals surface area contributed by atoms with Crippen molar-refractivity contribution < 1.29 is 9.47 Å². The zero-order chi connectivity index (χ0) is 11.8. The Labute approximate surface area is 101 Å². The molecular formula is C12H18ClNO2. The van der Waals surface area contributed by atoms with E-state index in [9.17, 15) is 0 Å². The van der Waals surface area contributed by atoms with Gasteiger partial charge in [-0.25, -0.2) is 0 Å². The second-order valence-corrected chi connectivity index (χ2v) is 3.92. The number of anilines is 1. The summed E-state index contributed by atoms with van der Waals surface area (Å²) in [6, 6.07) is 5.38. The predicted molar refractivity (Wildman–Crippen MR) is 66.6 cm³/mol. The summed E-state index contributed by atoms with van der Waals surface area (Å²) in [5.74, 6) is 0. The molecule has 0 aromatic heterocycles. The lowest BCUT2D eigenvalue weighted by Gasteiger charge is -2.07. The van der Waals surface area contributed by atoms with Crippen LogP contribution in [-0.2, 0) is 16.1 Å². The standard InChI is InChI=1S/C12H18ClNO2/c1-2-5-15-6-7-16-9-10-8-11(14)3-4-12(10)13/h3-4,8H,2,5-7,9,14H2,1H3. The molecule has 1 aromatic carbocycles. The van der Waals surface area contributed by atoms with Gasteiger partial charge in [0.1, 0.15) is 0 Å². The quantitative estimate of drug-likeness (QED) is 0.592. The first-order valence-electron chi connectivity index (χ1n) is 5.43. The van der Waals surface area contributed by atoms with Crippen molar-refractivity contribution in [2.45, 2.75) is 20.0 Å². The molecule has 0 aliphatic carbocycles. The van der Waals surface area contributed by atoms with E-state index in [2.05, 4.69) is 6.92 Å². The molecule has 3 nitrogen and oxygen atoms in total. The molecule has 0 saturated carbocycles. The highest BCUT2D eigenvalue weighted by Gasteiger charge is 2.00. The van der Waals surface area contributed by atoms with Crippen LogP contribution in [0.25, 0.3) is 0 Å². The van der Waals surface area contributed by atoms with Crippen LogP contribution in [0.4, 0.5) is 5.69 Å². The van der Waals surface area contributed by atoms with Crippen molar-refractivity contribution in [1.82, 2.24) is 0 Å². The molecule has 1 rings (SSSR count). The minimum absolute atomic E-state index is 0.472. The SMILES string of the molecule is CCCOCCOCc1cc(N)ccc1Cl. The third kappa shape index (κ3) is 4.84. The molecule has 0 bridgehead atoms. The number of ether oxygens (including phenoxy) is 2. The normalized spacial score (nSPS) is 10.6. The number of hydrogen-bond donors (Lipinski definition) is 1. The summed E-state index contributed by atoms with van der Waals surface area (Å²) in [5, 5.41) is 0.684. The minimum Gasteiger partial charge on any atom is -0.399 e. The van der Waals surface area contributed by atoms with Gasteiger partial charge in [0.2, 0.25) is 0 Å². The van der Waals surface area contributed by atoms with Gasteiger partial charge in [0, 0.05) is 17.3 Å². The third-order valence-electron chi connectivity index (χ3n) is 2.05. The molecule has 0 amide bonds. The first-order chi connectivity index (χ1) is 7.74. The van der Waals surface area contributed by atoms with Crippen molar-refractivity contribution in [3.63, 3.8) is 0 Å². The van der Waals surface area contributed by atoms with Crippen molar-refractivity contribution in [3.8, 4) is 0 Å². The van der Waals surface area contributed by atoms with Crippen LogP contribution in [0.1, 0.15) is 18.9 Å². The number of hydrogen-bond acceptors (Lipinski definition) is 3. The third-order valence-corrected chi connectivity index (χ3v) is 2.42. The van der Waals surface area contributed by atoms with Crippen LogP contribution < -0.4 is 5.73 Å². The first kappa shape index (κ1) is 13.3. The number of nitrogen functional groups attached to an aromatic ring is 1. The Balaban J connectivity index is 2.23. The van der Waals surface area contributed by atoms with Crippen molar-refractivity contribution in [2.75, 3.05) is 25.6 Å². The number of halogens is 1. The highest BCUT2D eigenvalue weighted by atomic mass is 35.5. The van der Waals surface area contributed by atoms with Crippen molar-refractivity contribution >= 4 is 17.3 Å². The number of rotatable bonds is 7. The first-order valence-corrected chi connectivity index (χ1v) is 5.81. The molecule has 0 saturated heterocycles. The molecule has 90 valence electrons. The zero-order valence-electron chi connectivity index (χ0n) is 9.54. The van der Waals surface area contributed by atoms with E-state index in [4.69, 9.17) is 26.8 Å². The summed E-state index contributed by atoms with van der Waals surface area (Å²) in [5.41, 5.74) is 7.27. The van der Waals surface area contributed by atoms with Crippen LogP contribution >= 0.6 is 11.6 Å². The molecule has 0 unspecified atom stereocenters. The van der Waals surface area contributed by atoms with E-state index in [1.54, 1.807) is 12.1 Å². The minimum atomic E-state index is 0.472. The average molecular weight is 244 g/mol. The van der Waals surface area contributed by atoms with Gasteiger partial charge in [-0.3, -0.25) is 0 Å². The van der Waals surface area contributed by atoms with Gasteiger partial charge in [0.25, 0.3) is 0 Å². The van der Waals surface area contributed by atoms with Gasteiger partial charge in [-0.2, -0.15) is 0 Å². The Morgan fingerprint density at radius 1 is 1.19 bits per heavy atom. The molecular weight excluding hydrogens is 226 g/mol. The van der Waals surface area contributed by atoms with Gasteiger partial charge in [0.05, 0.1) is 19.8 Å². The molecule has 4 heteroatoms. The topological polar surface area (TPSA) is 44.5 Å². The Bertz CT molecular complexity index is 318. The van der Waals surface area contributed by atoms with Crippen molar-refractivity contribution in [1.29, 1.82) is 0 Å². The largest absolute Gasteiger partial charge is 0.399 e. The maximum Gasteiger partial charge on any atom is 0.0733 e. The molecule has 0 radical (unpaired) electrons. The maximum atomic E-state index is 5.99. The Hall–Kier alpha value is -0.770. The second kappa shape index (κ2) is 7.49. The molecule has 0 atom stereocenters. The van der Waals surface area contributed by atoms with E-state index in [0.29, 0.717) is 30.5 Å². The van der Waals surface area contributed by atoms with Crippen molar-refractivity contribution in [2.24, 2.45) is 0 Å². The lowest BCUT2D eigenvalue weighted by molar-refractivity contribution is 0.0409. The monoisotopic (exact) mass is 243 g/mol. The summed E-state index contributed by atoms with van der Waals surface area (Å²) >= 11 is 5.99. The number of benzene rings is 1. The Kier molecular flexibility index (Phi) is 6.23. The van der Waals surface area contributed by atoms with Crippen LogP contribution in [0.15, 0.2) is 18.2 Å². The van der Waals surface area contributed by atoms with Crippen molar-refractivity contribution in [3.05, 3.63) is 28.8 Å². The fraction of sp³-hybridized carbons (Fsp3) is 0.500. The van der Waals surface area contributed by atoms with Gasteiger partial charge < -0.3 is 15.2 Å². The van der Waals surface area contributed by atoms with E-state index in [-0.39, 0.29) is 0 Å². The van der Waals surface area contributed by atoms with Crippen LogP contribution in [0, 0.1) is 0 Å². The lowest BCUT2D eigenvalue weighted by Crippen LogP contribution is -2.05. The summed E-state index contributed by atoms with van der Waals surface area (Å²) in [7, 11) is 0. The average Bonchev–Trinajstić information content (AvgIpc) is 2.28. The molecule has 0 spiro atoms. The van der Waals surface area contributed by atoms with Crippen LogP contribution in [-0.4, -0.2) is 19.8 Å². The van der Waals surface area contributed by atoms with Gasteiger partial charge in [-0.1, -0.05) is 18.5 Å². The van der Waals surface area contributed by atoms with E-state index in [1.807, 2.05) is 6.07 Å². The smallest absolute Gasteiger partial charge is 0.0733 e. The summed E-state index contributed by atoms with van der Waals surface area (Å²) < 4.78 is 10.7. The zero-order valence-corrected chi connectivity index (χ0v) is 10.3.